The van der Waals surface area contributed by atoms with E-state index < -0.39 is 0 Å². The first-order chi connectivity index (χ1) is 7.06. The molecular weight excluding hydrogens is 210 g/mol. The predicted octanol–water partition coefficient (Wildman–Crippen LogP) is 2.77. The predicted molar refractivity (Wildman–Crippen MR) is 64.1 cm³/mol. The monoisotopic (exact) mass is 229 g/mol. The molecule has 1 unspecified atom stereocenters. The van der Waals surface area contributed by atoms with Crippen LogP contribution in [-0.2, 0) is 7.05 Å². The minimum absolute atomic E-state index is 0.299. The number of aryl methyl sites for hydroxylation is 1. The highest BCUT2D eigenvalue weighted by Gasteiger charge is 2.17. The van der Waals surface area contributed by atoms with Gasteiger partial charge in [0.1, 0.15) is 0 Å². The van der Waals surface area contributed by atoms with Gasteiger partial charge in [-0.25, -0.2) is 0 Å². The van der Waals surface area contributed by atoms with Gasteiger partial charge >= 0.3 is 0 Å². The molecule has 1 atom stereocenters. The summed E-state index contributed by atoms with van der Waals surface area (Å²) < 4.78 is 1.85. The van der Waals surface area contributed by atoms with Crippen LogP contribution in [0.3, 0.4) is 0 Å². The first-order valence-corrected chi connectivity index (χ1v) is 5.78. The maximum Gasteiger partial charge on any atom is 0.0833 e. The third kappa shape index (κ3) is 3.21. The van der Waals surface area contributed by atoms with Gasteiger partial charge in [0.05, 0.1) is 23.0 Å². The molecule has 1 rings (SSSR count). The van der Waals surface area contributed by atoms with Crippen LogP contribution >= 0.6 is 11.6 Å². The molecule has 0 aromatic carbocycles. The number of aromatic nitrogens is 2. The third-order valence-electron chi connectivity index (χ3n) is 2.65. The van der Waals surface area contributed by atoms with Gasteiger partial charge in [-0.1, -0.05) is 25.4 Å². The fourth-order valence-corrected chi connectivity index (χ4v) is 2.03. The van der Waals surface area contributed by atoms with Crippen LogP contribution in [-0.4, -0.2) is 16.8 Å². The highest BCUT2D eigenvalue weighted by Crippen LogP contribution is 2.26. The molecule has 0 aliphatic carbocycles. The maximum atomic E-state index is 6.11. The zero-order valence-corrected chi connectivity index (χ0v) is 10.7. The molecule has 0 saturated carbocycles. The van der Waals surface area contributed by atoms with Gasteiger partial charge in [0.2, 0.25) is 0 Å². The molecule has 1 aromatic rings. The van der Waals surface area contributed by atoms with Crippen molar-refractivity contribution in [1.82, 2.24) is 15.1 Å². The van der Waals surface area contributed by atoms with Gasteiger partial charge in [0.25, 0.3) is 0 Å². The highest BCUT2D eigenvalue weighted by atomic mass is 35.5. The summed E-state index contributed by atoms with van der Waals surface area (Å²) in [5.41, 5.74) is 1.08. The van der Waals surface area contributed by atoms with Crippen molar-refractivity contribution in [2.75, 3.05) is 7.05 Å². The standard InChI is InChI=1S/C11H20ClN3/c1-8(2)5-6-10(13-3)11-9(12)7-14-15(11)4/h7-8,10,13H,5-6H2,1-4H3. The zero-order chi connectivity index (χ0) is 11.4. The Morgan fingerprint density at radius 2 is 2.13 bits per heavy atom. The van der Waals surface area contributed by atoms with Crippen molar-refractivity contribution in [3.05, 3.63) is 16.9 Å². The molecule has 1 N–H and O–H groups in total. The van der Waals surface area contributed by atoms with E-state index in [0.717, 1.165) is 17.1 Å². The first kappa shape index (κ1) is 12.5. The molecule has 0 fully saturated rings. The Morgan fingerprint density at radius 3 is 2.53 bits per heavy atom. The Balaban J connectivity index is 2.74. The van der Waals surface area contributed by atoms with E-state index in [-0.39, 0.29) is 0 Å². The van der Waals surface area contributed by atoms with Gasteiger partial charge < -0.3 is 5.32 Å². The Labute approximate surface area is 96.8 Å². The van der Waals surface area contributed by atoms with Crippen molar-refractivity contribution in [2.45, 2.75) is 32.7 Å². The molecule has 1 aromatic heterocycles. The highest BCUT2D eigenvalue weighted by molar-refractivity contribution is 6.31. The van der Waals surface area contributed by atoms with E-state index in [1.54, 1.807) is 6.20 Å². The minimum Gasteiger partial charge on any atom is -0.312 e. The van der Waals surface area contributed by atoms with Crippen molar-refractivity contribution in [3.63, 3.8) is 0 Å². The van der Waals surface area contributed by atoms with Crippen molar-refractivity contribution in [2.24, 2.45) is 13.0 Å². The van der Waals surface area contributed by atoms with E-state index in [1.165, 1.54) is 6.42 Å². The molecule has 0 aliphatic heterocycles. The average molecular weight is 230 g/mol. The van der Waals surface area contributed by atoms with Gasteiger partial charge in [0, 0.05) is 7.05 Å². The van der Waals surface area contributed by atoms with E-state index in [2.05, 4.69) is 24.3 Å². The second-order valence-corrected chi connectivity index (χ2v) is 4.72. The van der Waals surface area contributed by atoms with Gasteiger partial charge in [-0.15, -0.1) is 0 Å². The second-order valence-electron chi connectivity index (χ2n) is 4.31. The van der Waals surface area contributed by atoms with Crippen LogP contribution in [0.1, 0.15) is 38.4 Å². The van der Waals surface area contributed by atoms with E-state index in [1.807, 2.05) is 18.8 Å². The van der Waals surface area contributed by atoms with Gasteiger partial charge in [-0.3, -0.25) is 4.68 Å². The smallest absolute Gasteiger partial charge is 0.0833 e. The molecule has 0 radical (unpaired) electrons. The summed E-state index contributed by atoms with van der Waals surface area (Å²) in [6, 6.07) is 0.299. The topological polar surface area (TPSA) is 29.9 Å². The fourth-order valence-electron chi connectivity index (χ4n) is 1.73. The van der Waals surface area contributed by atoms with Gasteiger partial charge in [-0.05, 0) is 25.8 Å². The van der Waals surface area contributed by atoms with Crippen LogP contribution in [0.5, 0.6) is 0 Å². The largest absolute Gasteiger partial charge is 0.312 e. The lowest BCUT2D eigenvalue weighted by Crippen LogP contribution is -2.20. The number of halogens is 1. The molecule has 4 heteroatoms. The number of nitrogens with one attached hydrogen (secondary N) is 1. The van der Waals surface area contributed by atoms with Crippen molar-refractivity contribution < 1.29 is 0 Å². The van der Waals surface area contributed by atoms with E-state index in [9.17, 15) is 0 Å². The lowest BCUT2D eigenvalue weighted by Gasteiger charge is -2.18. The Kier molecular flexibility index (Phi) is 4.61. The van der Waals surface area contributed by atoms with Crippen LogP contribution in [0, 0.1) is 5.92 Å². The molecule has 0 saturated heterocycles. The summed E-state index contributed by atoms with van der Waals surface area (Å²) in [5.74, 6) is 0.716. The maximum absolute atomic E-state index is 6.11. The van der Waals surface area contributed by atoms with Crippen molar-refractivity contribution >= 4 is 11.6 Å². The summed E-state index contributed by atoms with van der Waals surface area (Å²) in [6.07, 6.45) is 3.98. The fraction of sp³-hybridized carbons (Fsp3) is 0.727. The molecule has 0 amide bonds. The van der Waals surface area contributed by atoms with Gasteiger partial charge in [0.15, 0.2) is 0 Å². The summed E-state index contributed by atoms with van der Waals surface area (Å²) in [4.78, 5) is 0. The van der Waals surface area contributed by atoms with Crippen LogP contribution in [0.15, 0.2) is 6.20 Å². The number of nitrogens with zero attached hydrogens (tertiary/aromatic N) is 2. The molecule has 86 valence electrons. The summed E-state index contributed by atoms with van der Waals surface area (Å²) in [7, 11) is 3.90. The van der Waals surface area contributed by atoms with Crippen LogP contribution in [0.25, 0.3) is 0 Å². The summed E-state index contributed by atoms with van der Waals surface area (Å²) in [6.45, 7) is 4.47. The molecule has 0 spiro atoms. The van der Waals surface area contributed by atoms with Crippen molar-refractivity contribution in [3.8, 4) is 0 Å². The van der Waals surface area contributed by atoms with E-state index in [0.29, 0.717) is 12.0 Å². The van der Waals surface area contributed by atoms with E-state index in [4.69, 9.17) is 11.6 Å². The first-order valence-electron chi connectivity index (χ1n) is 5.41. The Bertz CT molecular complexity index is 287. The zero-order valence-electron chi connectivity index (χ0n) is 9.92. The van der Waals surface area contributed by atoms with Crippen LogP contribution in [0.2, 0.25) is 5.02 Å². The Hall–Kier alpha value is -0.540. The molecule has 15 heavy (non-hydrogen) atoms. The summed E-state index contributed by atoms with van der Waals surface area (Å²) >= 11 is 6.11. The molecular formula is C11H20ClN3. The van der Waals surface area contributed by atoms with Crippen molar-refractivity contribution in [1.29, 1.82) is 0 Å². The Morgan fingerprint density at radius 1 is 1.47 bits per heavy atom. The quantitative estimate of drug-likeness (QED) is 0.842. The summed E-state index contributed by atoms with van der Waals surface area (Å²) in [5, 5.41) is 8.20. The number of hydrogen-bond acceptors (Lipinski definition) is 2. The number of hydrogen-bond donors (Lipinski definition) is 1. The SMILES string of the molecule is CNC(CCC(C)C)c1c(Cl)cnn1C. The van der Waals surface area contributed by atoms with E-state index >= 15 is 0 Å². The average Bonchev–Trinajstić information content (AvgIpc) is 2.49. The number of rotatable bonds is 5. The van der Waals surface area contributed by atoms with Crippen LogP contribution < -0.4 is 5.32 Å². The second kappa shape index (κ2) is 5.52. The molecule has 3 nitrogen and oxygen atoms in total. The lowest BCUT2D eigenvalue weighted by molar-refractivity contribution is 0.444. The molecule has 0 bridgehead atoms. The molecule has 1 heterocycles. The molecule has 0 aliphatic rings. The lowest BCUT2D eigenvalue weighted by atomic mass is 10.0. The normalized spacial score (nSPS) is 13.5. The van der Waals surface area contributed by atoms with Gasteiger partial charge in [-0.2, -0.15) is 5.10 Å². The van der Waals surface area contributed by atoms with Crippen LogP contribution in [0.4, 0.5) is 0 Å². The third-order valence-corrected chi connectivity index (χ3v) is 2.94. The minimum atomic E-state index is 0.299.